The van der Waals surface area contributed by atoms with Gasteiger partial charge in [-0.25, -0.2) is 4.99 Å². The molecule has 0 atom stereocenters. The van der Waals surface area contributed by atoms with Gasteiger partial charge in [-0.05, 0) is 55.0 Å². The van der Waals surface area contributed by atoms with E-state index in [1.165, 1.54) is 13.2 Å². The van der Waals surface area contributed by atoms with Crippen molar-refractivity contribution < 1.29 is 19.1 Å². The van der Waals surface area contributed by atoms with Crippen LogP contribution >= 0.6 is 0 Å². The number of aryl methyl sites for hydroxylation is 1. The van der Waals surface area contributed by atoms with Crippen molar-refractivity contribution in [2.75, 3.05) is 32.4 Å². The predicted octanol–water partition coefficient (Wildman–Crippen LogP) is 3.24. The zero-order chi connectivity index (χ0) is 20.8. The van der Waals surface area contributed by atoms with Crippen LogP contribution in [0.1, 0.15) is 28.0 Å². The summed E-state index contributed by atoms with van der Waals surface area (Å²) in [5.41, 5.74) is 4.63. The van der Waals surface area contributed by atoms with Crippen LogP contribution in [0.3, 0.4) is 0 Å². The van der Waals surface area contributed by atoms with Crippen molar-refractivity contribution in [1.29, 1.82) is 0 Å². The summed E-state index contributed by atoms with van der Waals surface area (Å²) in [6.07, 6.45) is 5.09. The number of hydrogen-bond acceptors (Lipinski definition) is 7. The number of ketones is 1. The third-order valence-electron chi connectivity index (χ3n) is 4.56. The molecule has 0 fully saturated rings. The summed E-state index contributed by atoms with van der Waals surface area (Å²) in [6, 6.07) is 9.54. The Bertz CT molecular complexity index is 982. The summed E-state index contributed by atoms with van der Waals surface area (Å²) in [5.74, 6) is -0.415. The molecule has 0 bridgehead atoms. The highest BCUT2D eigenvalue weighted by Crippen LogP contribution is 2.26. The van der Waals surface area contributed by atoms with E-state index in [4.69, 9.17) is 14.5 Å². The van der Waals surface area contributed by atoms with E-state index in [1.54, 1.807) is 18.3 Å². The number of carbonyl (C=O) groups is 2. The Morgan fingerprint density at radius 2 is 2.07 bits per heavy atom. The maximum Gasteiger partial charge on any atom is 0.309 e. The van der Waals surface area contributed by atoms with Crippen molar-refractivity contribution >= 4 is 28.8 Å². The molecule has 7 nitrogen and oxygen atoms in total. The Kier molecular flexibility index (Phi) is 6.51. The van der Waals surface area contributed by atoms with E-state index in [2.05, 4.69) is 4.98 Å². The lowest BCUT2D eigenvalue weighted by Crippen LogP contribution is -2.22. The first kappa shape index (κ1) is 20.4. The molecule has 0 aliphatic heterocycles. The van der Waals surface area contributed by atoms with Crippen molar-refractivity contribution in [3.8, 4) is 0 Å². The zero-order valence-corrected chi connectivity index (χ0v) is 16.7. The first-order valence-electron chi connectivity index (χ1n) is 9.22. The van der Waals surface area contributed by atoms with Crippen LogP contribution in [0.5, 0.6) is 0 Å². The van der Waals surface area contributed by atoms with Crippen LogP contribution in [0.4, 0.5) is 11.4 Å². The lowest BCUT2D eigenvalue weighted by molar-refractivity contribution is -0.153. The van der Waals surface area contributed by atoms with Gasteiger partial charge in [-0.2, -0.15) is 0 Å². The molecule has 2 aromatic rings. The fraction of sp³-hybridized carbons (Fsp3) is 0.273. The van der Waals surface area contributed by atoms with Gasteiger partial charge in [0.05, 0.1) is 17.8 Å². The zero-order valence-electron chi connectivity index (χ0n) is 16.7. The molecule has 0 radical (unpaired) electrons. The molecule has 3 rings (SSSR count). The van der Waals surface area contributed by atoms with Gasteiger partial charge in [-0.3, -0.25) is 14.6 Å². The molecule has 7 heteroatoms. The molecule has 0 unspecified atom stereocenters. The average Bonchev–Trinajstić information content (AvgIpc) is 2.73. The van der Waals surface area contributed by atoms with Gasteiger partial charge in [0, 0.05) is 38.1 Å². The molecule has 1 aromatic carbocycles. The Morgan fingerprint density at radius 1 is 1.24 bits per heavy atom. The number of methoxy groups -OCH3 is 1. The van der Waals surface area contributed by atoms with Crippen molar-refractivity contribution in [3.63, 3.8) is 0 Å². The van der Waals surface area contributed by atoms with E-state index < -0.39 is 0 Å². The normalized spacial score (nSPS) is 14.0. The minimum atomic E-state index is -0.302. The quantitative estimate of drug-likeness (QED) is 0.531. The predicted molar refractivity (Wildman–Crippen MR) is 111 cm³/mol. The second kappa shape index (κ2) is 9.25. The maximum absolute atomic E-state index is 12.0. The monoisotopic (exact) mass is 393 g/mol. The second-order valence-electron chi connectivity index (χ2n) is 6.66. The number of hydrogen-bond donors (Lipinski definition) is 0. The van der Waals surface area contributed by atoms with Gasteiger partial charge in [0.2, 0.25) is 5.78 Å². The molecule has 1 aliphatic rings. The molecule has 150 valence electrons. The topological polar surface area (TPSA) is 81.1 Å². The number of rotatable bonds is 7. The highest BCUT2D eigenvalue weighted by Gasteiger charge is 2.18. The number of aromatic nitrogens is 1. The molecule has 1 heterocycles. The number of esters is 1. The highest BCUT2D eigenvalue weighted by atomic mass is 16.7. The fourth-order valence-corrected chi connectivity index (χ4v) is 2.95. The van der Waals surface area contributed by atoms with Crippen molar-refractivity contribution in [2.24, 2.45) is 4.99 Å². The minimum Gasteiger partial charge on any atom is -0.438 e. The van der Waals surface area contributed by atoms with E-state index >= 15 is 0 Å². The fourth-order valence-electron chi connectivity index (χ4n) is 2.95. The number of fused-ring (bicyclic) bond motifs is 1. The third kappa shape index (κ3) is 4.94. The van der Waals surface area contributed by atoms with E-state index in [0.29, 0.717) is 18.0 Å². The van der Waals surface area contributed by atoms with Gasteiger partial charge in [0.1, 0.15) is 5.69 Å². The van der Waals surface area contributed by atoms with Gasteiger partial charge >= 0.3 is 5.97 Å². The Labute approximate surface area is 169 Å². The van der Waals surface area contributed by atoms with Crippen LogP contribution in [-0.4, -0.2) is 49.9 Å². The molecule has 0 spiro atoms. The van der Waals surface area contributed by atoms with Crippen LogP contribution < -0.4 is 4.90 Å². The smallest absolute Gasteiger partial charge is 0.309 e. The molecule has 1 aromatic heterocycles. The molecule has 0 saturated heterocycles. The molecule has 0 saturated carbocycles. The number of allylic oxidation sites excluding steroid dienone is 2. The van der Waals surface area contributed by atoms with Gasteiger partial charge in [-0.15, -0.1) is 0 Å². The SMILES string of the molecule is COCOC(=O)CCN(C)c1ccc(N=C2C=CC(=O)c3ncccc32)c(C)c1. The van der Waals surface area contributed by atoms with Gasteiger partial charge in [-0.1, -0.05) is 0 Å². The largest absolute Gasteiger partial charge is 0.438 e. The molecule has 0 N–H and O–H groups in total. The molecule has 0 amide bonds. The van der Waals surface area contributed by atoms with E-state index in [-0.39, 0.29) is 25.0 Å². The number of carbonyl (C=O) groups excluding carboxylic acids is 2. The summed E-state index contributed by atoms with van der Waals surface area (Å²) < 4.78 is 9.63. The highest BCUT2D eigenvalue weighted by molar-refractivity contribution is 6.23. The van der Waals surface area contributed by atoms with Gasteiger partial charge in [0.15, 0.2) is 6.79 Å². The van der Waals surface area contributed by atoms with Gasteiger partial charge < -0.3 is 14.4 Å². The number of benzene rings is 1. The summed E-state index contributed by atoms with van der Waals surface area (Å²) >= 11 is 0. The van der Waals surface area contributed by atoms with Crippen molar-refractivity contribution in [2.45, 2.75) is 13.3 Å². The number of ether oxygens (including phenoxy) is 2. The summed E-state index contributed by atoms with van der Waals surface area (Å²) in [4.78, 5) is 34.5. The summed E-state index contributed by atoms with van der Waals surface area (Å²) in [5, 5.41) is 0. The number of anilines is 1. The van der Waals surface area contributed by atoms with Crippen LogP contribution in [-0.2, 0) is 14.3 Å². The van der Waals surface area contributed by atoms with Crippen LogP contribution in [0.25, 0.3) is 0 Å². The number of nitrogens with zero attached hydrogens (tertiary/aromatic N) is 3. The Balaban J connectivity index is 1.75. The average molecular weight is 393 g/mol. The molecular formula is C22H23N3O4. The lowest BCUT2D eigenvalue weighted by Gasteiger charge is -2.20. The maximum atomic E-state index is 12.0. The molecular weight excluding hydrogens is 370 g/mol. The Hall–Kier alpha value is -3.32. The number of pyridine rings is 1. The summed E-state index contributed by atoms with van der Waals surface area (Å²) in [6.45, 7) is 2.47. The standard InChI is InChI=1S/C22H23N3O4/c1-15-13-16(25(2)12-10-21(27)29-14-28-3)6-7-18(15)24-19-8-9-20(26)22-17(19)5-4-11-23-22/h4-9,11,13H,10,12,14H2,1-3H3. The first-order chi connectivity index (χ1) is 14.0. The van der Waals surface area contributed by atoms with Crippen molar-refractivity contribution in [1.82, 2.24) is 4.98 Å². The second-order valence-corrected chi connectivity index (χ2v) is 6.66. The third-order valence-corrected chi connectivity index (χ3v) is 4.56. The van der Waals surface area contributed by atoms with Crippen LogP contribution in [0, 0.1) is 6.92 Å². The molecule has 29 heavy (non-hydrogen) atoms. The minimum absolute atomic E-state index is 0.0324. The van der Waals surface area contributed by atoms with E-state index in [1.807, 2.05) is 43.1 Å². The lowest BCUT2D eigenvalue weighted by atomic mass is 9.99. The van der Waals surface area contributed by atoms with Crippen LogP contribution in [0.15, 0.2) is 53.7 Å². The van der Waals surface area contributed by atoms with E-state index in [9.17, 15) is 9.59 Å². The van der Waals surface area contributed by atoms with E-state index in [0.717, 1.165) is 22.5 Å². The van der Waals surface area contributed by atoms with Crippen LogP contribution in [0.2, 0.25) is 0 Å². The summed E-state index contributed by atoms with van der Waals surface area (Å²) in [7, 11) is 3.39. The number of aliphatic imine (C=N–C) groups is 1. The van der Waals surface area contributed by atoms with Gasteiger partial charge in [0.25, 0.3) is 0 Å². The van der Waals surface area contributed by atoms with Crippen molar-refractivity contribution in [3.05, 3.63) is 65.5 Å². The molecule has 1 aliphatic carbocycles. The Morgan fingerprint density at radius 3 is 2.83 bits per heavy atom. The first-order valence-corrected chi connectivity index (χ1v) is 9.22.